The predicted octanol–water partition coefficient (Wildman–Crippen LogP) is 1.93. The lowest BCUT2D eigenvalue weighted by atomic mass is 10.0. The second kappa shape index (κ2) is 8.04. The van der Waals surface area contributed by atoms with Crippen LogP contribution < -0.4 is 0 Å². The minimum absolute atomic E-state index is 0.648. The van der Waals surface area contributed by atoms with Gasteiger partial charge in [0, 0.05) is 50.0 Å². The third kappa shape index (κ3) is 4.21. The molecule has 0 aromatic carbocycles. The molecule has 0 amide bonds. The highest BCUT2D eigenvalue weighted by Gasteiger charge is 2.37. The van der Waals surface area contributed by atoms with Crippen LogP contribution in [0, 0.1) is 0 Å². The smallest absolute Gasteiger partial charge is 0.0379 e. The third-order valence-corrected chi connectivity index (χ3v) is 4.98. The van der Waals surface area contributed by atoms with Crippen molar-refractivity contribution in [1.29, 1.82) is 0 Å². The number of likely N-dealkylation sites (tertiary alicyclic amines) is 1. The highest BCUT2D eigenvalue weighted by atomic mass is 35.5. The number of likely N-dealkylation sites (N-methyl/N-ethyl adjacent to an activating group) is 1. The molecule has 0 saturated carbocycles. The first-order valence-corrected chi connectivity index (χ1v) is 8.61. The molecule has 0 N–H and O–H groups in total. The Hall–Kier alpha value is 0.460. The molecule has 2 aliphatic rings. The molecule has 5 heteroatoms. The zero-order valence-corrected chi connectivity index (χ0v) is 13.5. The molecule has 3 nitrogen and oxygen atoms in total. The van der Waals surface area contributed by atoms with Crippen molar-refractivity contribution in [2.45, 2.75) is 31.3 Å². The first-order valence-electron chi connectivity index (χ1n) is 7.55. The molecule has 2 saturated heterocycles. The Morgan fingerprint density at radius 3 is 2.47 bits per heavy atom. The molecule has 0 bridgehead atoms. The second-order valence-electron chi connectivity index (χ2n) is 5.84. The first kappa shape index (κ1) is 15.8. The summed E-state index contributed by atoms with van der Waals surface area (Å²) in [6.45, 7) is 6.94. The van der Waals surface area contributed by atoms with Gasteiger partial charge >= 0.3 is 0 Å². The molecule has 19 heavy (non-hydrogen) atoms. The number of piperazine rings is 1. The van der Waals surface area contributed by atoms with E-state index >= 15 is 0 Å². The molecular weight excluding hydrogens is 281 g/mol. The summed E-state index contributed by atoms with van der Waals surface area (Å²) in [5, 5.41) is 0. The highest BCUT2D eigenvalue weighted by Crippen LogP contribution is 2.25. The standard InChI is InChI=1S/C14H27Cl2N3/c1-17-10-11-19(9-6-16)14(12-17)13-4-2-7-18(13)8-3-5-15/h13-14H,2-12H2,1H3. The summed E-state index contributed by atoms with van der Waals surface area (Å²) in [7, 11) is 2.24. The Kier molecular flexibility index (Phi) is 6.70. The van der Waals surface area contributed by atoms with Crippen LogP contribution in [0.5, 0.6) is 0 Å². The summed E-state index contributed by atoms with van der Waals surface area (Å²) in [4.78, 5) is 7.73. The van der Waals surface area contributed by atoms with Gasteiger partial charge < -0.3 is 4.90 Å². The Labute approximate surface area is 127 Å². The van der Waals surface area contributed by atoms with Gasteiger partial charge in [-0.3, -0.25) is 9.80 Å². The summed E-state index contributed by atoms with van der Waals surface area (Å²) in [5.41, 5.74) is 0. The lowest BCUT2D eigenvalue weighted by Crippen LogP contribution is -2.59. The van der Waals surface area contributed by atoms with Gasteiger partial charge in [-0.05, 0) is 39.4 Å². The number of nitrogens with zero attached hydrogens (tertiary/aromatic N) is 3. The van der Waals surface area contributed by atoms with Gasteiger partial charge in [0.05, 0.1) is 0 Å². The zero-order valence-electron chi connectivity index (χ0n) is 12.0. The molecule has 2 fully saturated rings. The Balaban J connectivity index is 1.98. The van der Waals surface area contributed by atoms with E-state index in [-0.39, 0.29) is 0 Å². The molecular formula is C14H27Cl2N3. The third-order valence-electron chi connectivity index (χ3n) is 4.55. The van der Waals surface area contributed by atoms with Crippen LogP contribution >= 0.6 is 23.2 Å². The van der Waals surface area contributed by atoms with E-state index in [0.29, 0.717) is 12.1 Å². The molecule has 2 unspecified atom stereocenters. The van der Waals surface area contributed by atoms with Crippen LogP contribution in [0.1, 0.15) is 19.3 Å². The van der Waals surface area contributed by atoms with Gasteiger partial charge in [-0.2, -0.15) is 0 Å². The van der Waals surface area contributed by atoms with E-state index in [4.69, 9.17) is 23.2 Å². The number of hydrogen-bond acceptors (Lipinski definition) is 3. The van der Waals surface area contributed by atoms with E-state index in [0.717, 1.165) is 37.8 Å². The van der Waals surface area contributed by atoms with Gasteiger partial charge in [0.1, 0.15) is 0 Å². The van der Waals surface area contributed by atoms with Crippen LogP contribution in [-0.2, 0) is 0 Å². The van der Waals surface area contributed by atoms with Gasteiger partial charge in [0.2, 0.25) is 0 Å². The zero-order chi connectivity index (χ0) is 13.7. The molecule has 0 radical (unpaired) electrons. The molecule has 0 aromatic rings. The van der Waals surface area contributed by atoms with Crippen LogP contribution in [0.25, 0.3) is 0 Å². The van der Waals surface area contributed by atoms with Gasteiger partial charge in [0.15, 0.2) is 0 Å². The van der Waals surface area contributed by atoms with Crippen molar-refractivity contribution in [2.24, 2.45) is 0 Å². The average molecular weight is 308 g/mol. The summed E-state index contributed by atoms with van der Waals surface area (Å²) < 4.78 is 0. The van der Waals surface area contributed by atoms with Crippen molar-refractivity contribution in [2.75, 3.05) is 58.1 Å². The molecule has 0 aromatic heterocycles. The number of rotatable bonds is 6. The van der Waals surface area contributed by atoms with Crippen LogP contribution in [0.2, 0.25) is 0 Å². The number of alkyl halides is 2. The predicted molar refractivity (Wildman–Crippen MR) is 83.5 cm³/mol. The lowest BCUT2D eigenvalue weighted by Gasteiger charge is -2.45. The molecule has 0 spiro atoms. The Bertz CT molecular complexity index is 265. The molecule has 0 aliphatic carbocycles. The monoisotopic (exact) mass is 307 g/mol. The van der Waals surface area contributed by atoms with Crippen LogP contribution in [0.3, 0.4) is 0 Å². The summed E-state index contributed by atoms with van der Waals surface area (Å²) in [5.74, 6) is 1.52. The maximum absolute atomic E-state index is 5.98. The van der Waals surface area contributed by atoms with Crippen LogP contribution in [0.4, 0.5) is 0 Å². The van der Waals surface area contributed by atoms with Crippen molar-refractivity contribution in [3.05, 3.63) is 0 Å². The molecule has 2 rings (SSSR count). The molecule has 2 aliphatic heterocycles. The fourth-order valence-corrected chi connectivity index (χ4v) is 3.91. The Morgan fingerprint density at radius 1 is 0.947 bits per heavy atom. The average Bonchev–Trinajstić information content (AvgIpc) is 2.87. The fourth-order valence-electron chi connectivity index (χ4n) is 3.57. The molecule has 2 heterocycles. The maximum Gasteiger partial charge on any atom is 0.0379 e. The summed E-state index contributed by atoms with van der Waals surface area (Å²) >= 11 is 11.8. The summed E-state index contributed by atoms with van der Waals surface area (Å²) in [6.07, 6.45) is 3.78. The van der Waals surface area contributed by atoms with Crippen LogP contribution in [0.15, 0.2) is 0 Å². The maximum atomic E-state index is 5.98. The van der Waals surface area contributed by atoms with Gasteiger partial charge in [-0.25, -0.2) is 0 Å². The molecule has 2 atom stereocenters. The molecule has 112 valence electrons. The van der Waals surface area contributed by atoms with Crippen molar-refractivity contribution in [3.63, 3.8) is 0 Å². The SMILES string of the molecule is CN1CCN(CCCl)C(C2CCCN2CCCCl)C1. The minimum atomic E-state index is 0.648. The minimum Gasteiger partial charge on any atom is -0.303 e. The van der Waals surface area contributed by atoms with Crippen molar-refractivity contribution in [1.82, 2.24) is 14.7 Å². The van der Waals surface area contributed by atoms with E-state index in [1.165, 1.54) is 32.5 Å². The van der Waals surface area contributed by atoms with Gasteiger partial charge in [-0.1, -0.05) is 0 Å². The van der Waals surface area contributed by atoms with Gasteiger partial charge in [0.25, 0.3) is 0 Å². The van der Waals surface area contributed by atoms with Gasteiger partial charge in [-0.15, -0.1) is 23.2 Å². The number of halogens is 2. The van der Waals surface area contributed by atoms with Crippen LogP contribution in [-0.4, -0.2) is 84.9 Å². The topological polar surface area (TPSA) is 9.72 Å². The van der Waals surface area contributed by atoms with E-state index in [9.17, 15) is 0 Å². The summed E-state index contributed by atoms with van der Waals surface area (Å²) in [6, 6.07) is 1.35. The van der Waals surface area contributed by atoms with Crippen molar-refractivity contribution in [3.8, 4) is 0 Å². The van der Waals surface area contributed by atoms with Crippen molar-refractivity contribution >= 4 is 23.2 Å². The Morgan fingerprint density at radius 2 is 1.74 bits per heavy atom. The lowest BCUT2D eigenvalue weighted by molar-refractivity contribution is 0.0412. The highest BCUT2D eigenvalue weighted by molar-refractivity contribution is 6.18. The van der Waals surface area contributed by atoms with E-state index in [1.54, 1.807) is 0 Å². The largest absolute Gasteiger partial charge is 0.303 e. The quantitative estimate of drug-likeness (QED) is 0.694. The van der Waals surface area contributed by atoms with E-state index < -0.39 is 0 Å². The van der Waals surface area contributed by atoms with E-state index in [2.05, 4.69) is 21.7 Å². The van der Waals surface area contributed by atoms with Crippen molar-refractivity contribution < 1.29 is 0 Å². The first-order chi connectivity index (χ1) is 9.26. The normalized spacial score (nSPS) is 31.1. The second-order valence-corrected chi connectivity index (χ2v) is 6.60. The fraction of sp³-hybridized carbons (Fsp3) is 1.00. The number of hydrogen-bond donors (Lipinski definition) is 0. The van der Waals surface area contributed by atoms with E-state index in [1.807, 2.05) is 0 Å².